The number of aryl methyl sites for hydroxylation is 2. The molecule has 0 aliphatic carbocycles. The van der Waals surface area contributed by atoms with Crippen molar-refractivity contribution in [2.75, 3.05) is 13.2 Å². The third-order valence-electron chi connectivity index (χ3n) is 6.56. The van der Waals surface area contributed by atoms with E-state index in [2.05, 4.69) is 9.97 Å². The summed E-state index contributed by atoms with van der Waals surface area (Å²) < 4.78 is 37.9. The number of rotatable bonds is 10. The number of hydrogen-bond donors (Lipinski definition) is 0. The summed E-state index contributed by atoms with van der Waals surface area (Å²) in [5.41, 5.74) is -1.31. The van der Waals surface area contributed by atoms with Gasteiger partial charge < -0.3 is 13.7 Å². The minimum atomic E-state index is -4.22. The summed E-state index contributed by atoms with van der Waals surface area (Å²) in [6.07, 6.45) is 2.77. The number of imidazole rings is 2. The molecule has 0 amide bonds. The zero-order chi connectivity index (χ0) is 29.5. The molecular weight excluding hydrogens is 598 g/mol. The first kappa shape index (κ1) is 32.0. The maximum absolute atomic E-state index is 13.7. The van der Waals surface area contributed by atoms with Gasteiger partial charge in [0, 0.05) is 92.7 Å². The molecule has 0 saturated carbocycles. The quantitative estimate of drug-likeness (QED) is 0.149. The van der Waals surface area contributed by atoms with Crippen molar-refractivity contribution in [3.05, 3.63) is 84.7 Å². The number of aromatic nitrogens is 8. The normalized spacial score (nSPS) is 11.7. The van der Waals surface area contributed by atoms with E-state index in [1.807, 2.05) is 0 Å². The van der Waals surface area contributed by atoms with Crippen LogP contribution in [0.4, 0.5) is 0 Å². The molecule has 4 heterocycles. The average Bonchev–Trinajstić information content (AvgIpc) is 3.58. The Hall–Kier alpha value is -2.89. The largest absolute Gasteiger partial charge is 0.530 e. The van der Waals surface area contributed by atoms with Crippen LogP contribution >= 0.6 is 7.82 Å². The maximum atomic E-state index is 13.7. The van der Waals surface area contributed by atoms with Crippen LogP contribution in [0.15, 0.2) is 62.2 Å². The molecule has 0 saturated heterocycles. The predicted octanol–water partition coefficient (Wildman–Crippen LogP) is -0.279. The summed E-state index contributed by atoms with van der Waals surface area (Å²) in [5, 5.41) is 0. The minimum Gasteiger partial charge on any atom is -0.404 e. The van der Waals surface area contributed by atoms with Crippen molar-refractivity contribution >= 4 is 81.5 Å². The molecule has 217 valence electrons. The van der Waals surface area contributed by atoms with E-state index in [-0.39, 0.29) is 106 Å². The van der Waals surface area contributed by atoms with Crippen molar-refractivity contribution in [3.63, 3.8) is 0 Å². The molecule has 0 unspecified atom stereocenters. The van der Waals surface area contributed by atoms with Crippen LogP contribution in [0, 0.1) is 0 Å². The number of benzene rings is 1. The molecule has 0 bridgehead atoms. The molecule has 4 aromatic heterocycles. The third kappa shape index (κ3) is 5.96. The Bertz CT molecular complexity index is 1930. The average molecular weight is 626 g/mol. The van der Waals surface area contributed by atoms with Gasteiger partial charge in [-0.1, -0.05) is 18.2 Å². The molecule has 0 aliphatic heterocycles. The predicted molar refractivity (Wildman–Crippen MR) is 153 cm³/mol. The molecule has 42 heavy (non-hydrogen) atoms. The van der Waals surface area contributed by atoms with Gasteiger partial charge in [0.1, 0.15) is 5.75 Å². The van der Waals surface area contributed by atoms with Gasteiger partial charge in [0.25, 0.3) is 11.1 Å². The van der Waals surface area contributed by atoms with Crippen molar-refractivity contribution in [1.82, 2.24) is 37.4 Å². The van der Waals surface area contributed by atoms with Crippen molar-refractivity contribution in [2.24, 2.45) is 28.2 Å². The van der Waals surface area contributed by atoms with Crippen LogP contribution in [-0.2, 0) is 54.9 Å². The van der Waals surface area contributed by atoms with Gasteiger partial charge in [-0.05, 0) is 12.1 Å². The van der Waals surface area contributed by atoms with Gasteiger partial charge in [-0.3, -0.25) is 36.9 Å². The molecule has 0 aliphatic rings. The molecule has 0 atom stereocenters. The Morgan fingerprint density at radius 1 is 0.690 bits per heavy atom. The smallest absolute Gasteiger partial charge is 0.404 e. The van der Waals surface area contributed by atoms with E-state index >= 15 is 0 Å². The van der Waals surface area contributed by atoms with E-state index in [9.17, 15) is 23.7 Å². The monoisotopic (exact) mass is 625 g/mol. The van der Waals surface area contributed by atoms with E-state index < -0.39 is 30.3 Å². The second-order valence-electron chi connectivity index (χ2n) is 9.15. The van der Waals surface area contributed by atoms with E-state index in [4.69, 9.17) is 13.6 Å². The number of nitrogens with zero attached hydrogens (tertiary/aromatic N) is 8. The zero-order valence-electron chi connectivity index (χ0n) is 23.7. The minimum absolute atomic E-state index is 0. The van der Waals surface area contributed by atoms with Crippen LogP contribution in [0.25, 0.3) is 22.3 Å². The maximum Gasteiger partial charge on any atom is 0.530 e. The third-order valence-corrected chi connectivity index (χ3v) is 7.99. The van der Waals surface area contributed by atoms with Crippen molar-refractivity contribution < 1.29 is 18.1 Å². The van der Waals surface area contributed by atoms with Crippen LogP contribution in [-0.4, -0.2) is 102 Å². The van der Waals surface area contributed by atoms with Gasteiger partial charge >= 0.3 is 19.2 Å². The summed E-state index contributed by atoms with van der Waals surface area (Å²) in [4.78, 5) is 58.1. The number of para-hydroxylation sites is 1. The van der Waals surface area contributed by atoms with Gasteiger partial charge in [-0.2, -0.15) is 0 Å². The van der Waals surface area contributed by atoms with Crippen LogP contribution in [0.1, 0.15) is 0 Å². The Labute approximate surface area is 279 Å². The fraction of sp³-hybridized carbons (Fsp3) is 0.333. The molecule has 0 spiro atoms. The topological polar surface area (TPSA) is 168 Å². The second kappa shape index (κ2) is 12.8. The van der Waals surface area contributed by atoms with E-state index in [0.29, 0.717) is 0 Å². The van der Waals surface area contributed by atoms with Gasteiger partial charge in [-0.25, -0.2) is 24.1 Å². The fourth-order valence-corrected chi connectivity index (χ4v) is 5.51. The Balaban J connectivity index is 0.00000405. The Morgan fingerprint density at radius 2 is 1.12 bits per heavy atom. The molecule has 5 rings (SSSR count). The molecular formula is C24H27KN8O8P. The van der Waals surface area contributed by atoms with Crippen LogP contribution in [0.3, 0.4) is 0 Å². The summed E-state index contributed by atoms with van der Waals surface area (Å²) in [5.74, 6) is 0.240. The van der Waals surface area contributed by atoms with E-state index in [1.54, 1.807) is 30.3 Å². The number of fused-ring (bicyclic) bond motifs is 2. The molecule has 1 radical (unpaired) electrons. The Kier molecular flexibility index (Phi) is 9.74. The second-order valence-corrected chi connectivity index (χ2v) is 10.7. The van der Waals surface area contributed by atoms with Crippen molar-refractivity contribution in [2.45, 2.75) is 13.1 Å². The summed E-state index contributed by atoms with van der Waals surface area (Å²) in [6, 6.07) is 8.31. The summed E-state index contributed by atoms with van der Waals surface area (Å²) in [6.45, 7) is -0.298. The molecule has 18 heteroatoms. The van der Waals surface area contributed by atoms with Gasteiger partial charge in [0.05, 0.1) is 25.9 Å². The summed E-state index contributed by atoms with van der Waals surface area (Å²) in [7, 11) is 1.53. The Morgan fingerprint density at radius 3 is 1.55 bits per heavy atom. The van der Waals surface area contributed by atoms with Crippen molar-refractivity contribution in [3.8, 4) is 5.75 Å². The number of phosphoric acid groups is 1. The summed E-state index contributed by atoms with van der Waals surface area (Å²) >= 11 is 0. The van der Waals surface area contributed by atoms with Crippen LogP contribution < -0.4 is 27.0 Å². The fourth-order valence-electron chi connectivity index (χ4n) is 4.34. The molecule has 1 aromatic carbocycles. The first-order valence-corrected chi connectivity index (χ1v) is 13.8. The number of hydrogen-bond acceptors (Lipinski definition) is 10. The molecule has 0 N–H and O–H groups in total. The van der Waals surface area contributed by atoms with E-state index in [1.165, 1.54) is 59.1 Å². The van der Waals surface area contributed by atoms with Gasteiger partial charge in [0.2, 0.25) is 0 Å². The standard InChI is InChI=1S/C24H27N8O8P.K/c1-27-19-17(21(33)29(3)23(27)35)31(14-25-19)10-12-38-41(37,40-16-8-6-5-7-9-16)39-13-11-32-15-26-20-18(32)22(34)30(4)24(36)28(20)2;/h5-9,14-15H,10-13H2,1-4H3;. The van der Waals surface area contributed by atoms with Crippen LogP contribution in [0.2, 0.25) is 0 Å². The van der Waals surface area contributed by atoms with Crippen LogP contribution in [0.5, 0.6) is 5.75 Å². The SMILES string of the molecule is Cn1c(=O)c2c(ncn2CCOP(=O)(OCCn2cnc3c2c(=O)n(C)c(=O)n3C)Oc2ccccc2)n(C)c1=O.[K]. The molecule has 5 aromatic rings. The molecule has 0 fully saturated rings. The first-order valence-electron chi connectivity index (χ1n) is 12.4. The van der Waals surface area contributed by atoms with Gasteiger partial charge in [-0.15, -0.1) is 0 Å². The molecule has 16 nitrogen and oxygen atoms in total. The van der Waals surface area contributed by atoms with Gasteiger partial charge in [0.15, 0.2) is 22.3 Å². The van der Waals surface area contributed by atoms with E-state index in [0.717, 1.165) is 9.13 Å². The first-order chi connectivity index (χ1) is 19.5. The van der Waals surface area contributed by atoms with Crippen molar-refractivity contribution in [1.29, 1.82) is 0 Å². The zero-order valence-corrected chi connectivity index (χ0v) is 27.7. The number of phosphoric ester groups is 1.